The molecule has 3 heterocycles. The highest BCUT2D eigenvalue weighted by Crippen LogP contribution is 2.36. The Bertz CT molecular complexity index is 1150. The first-order valence-electron chi connectivity index (χ1n) is 8.72. The van der Waals surface area contributed by atoms with E-state index in [2.05, 4.69) is 17.1 Å². The number of aryl methyl sites for hydroxylation is 4. The molecule has 7 heteroatoms. The van der Waals surface area contributed by atoms with E-state index < -0.39 is 0 Å². The van der Waals surface area contributed by atoms with E-state index in [1.54, 1.807) is 0 Å². The van der Waals surface area contributed by atoms with Crippen LogP contribution in [0.5, 0.6) is 0 Å². The third-order valence-electron chi connectivity index (χ3n) is 4.71. The van der Waals surface area contributed by atoms with Gasteiger partial charge in [-0.25, -0.2) is 4.68 Å². The van der Waals surface area contributed by atoms with Crippen molar-refractivity contribution < 1.29 is 0 Å². The van der Waals surface area contributed by atoms with E-state index in [0.29, 0.717) is 5.02 Å². The zero-order chi connectivity index (χ0) is 19.3. The summed E-state index contributed by atoms with van der Waals surface area (Å²) in [7, 11) is 3.85. The summed E-state index contributed by atoms with van der Waals surface area (Å²) >= 11 is 6.25. The maximum Gasteiger partial charge on any atom is 0.0997 e. The van der Waals surface area contributed by atoms with E-state index in [0.717, 1.165) is 45.2 Å². The van der Waals surface area contributed by atoms with Crippen LogP contribution < -0.4 is 0 Å². The molecule has 3 aromatic heterocycles. The van der Waals surface area contributed by atoms with Crippen molar-refractivity contribution in [3.8, 4) is 28.2 Å². The molecule has 6 nitrogen and oxygen atoms in total. The number of nitrogens with zero attached hydrogens (tertiary/aromatic N) is 6. The molecule has 0 unspecified atom stereocenters. The number of aromatic nitrogens is 6. The Labute approximate surface area is 163 Å². The van der Waals surface area contributed by atoms with Crippen molar-refractivity contribution in [3.05, 3.63) is 58.6 Å². The van der Waals surface area contributed by atoms with Gasteiger partial charge in [0.05, 0.1) is 28.5 Å². The van der Waals surface area contributed by atoms with Gasteiger partial charge in [0.1, 0.15) is 0 Å². The Morgan fingerprint density at radius 1 is 0.852 bits per heavy atom. The zero-order valence-corrected chi connectivity index (χ0v) is 16.8. The minimum absolute atomic E-state index is 0.675. The fourth-order valence-corrected chi connectivity index (χ4v) is 3.71. The first-order chi connectivity index (χ1) is 12.8. The molecule has 0 saturated heterocycles. The van der Waals surface area contributed by atoms with Crippen LogP contribution in [-0.2, 0) is 14.1 Å². The summed E-state index contributed by atoms with van der Waals surface area (Å²) in [6.07, 6.45) is 4.03. The zero-order valence-electron chi connectivity index (χ0n) is 16.0. The Morgan fingerprint density at radius 3 is 2.04 bits per heavy atom. The fourth-order valence-electron chi connectivity index (χ4n) is 3.53. The van der Waals surface area contributed by atoms with Gasteiger partial charge in [0.2, 0.25) is 0 Å². The van der Waals surface area contributed by atoms with Crippen LogP contribution in [0.3, 0.4) is 0 Å². The normalized spacial score (nSPS) is 11.3. The molecule has 138 valence electrons. The van der Waals surface area contributed by atoms with Crippen LogP contribution in [-0.4, -0.2) is 29.3 Å². The molecule has 0 atom stereocenters. The molecule has 0 aliphatic rings. The molecule has 0 radical (unpaired) electrons. The molecule has 4 rings (SSSR count). The van der Waals surface area contributed by atoms with Crippen LogP contribution in [0.15, 0.2) is 36.7 Å². The Kier molecular flexibility index (Phi) is 4.15. The van der Waals surface area contributed by atoms with Crippen LogP contribution in [0.1, 0.15) is 17.0 Å². The highest BCUT2D eigenvalue weighted by Gasteiger charge is 2.23. The summed E-state index contributed by atoms with van der Waals surface area (Å²) in [6, 6.07) is 7.72. The first-order valence-corrected chi connectivity index (χ1v) is 9.09. The second-order valence-corrected chi connectivity index (χ2v) is 7.25. The van der Waals surface area contributed by atoms with Crippen molar-refractivity contribution in [1.29, 1.82) is 0 Å². The van der Waals surface area contributed by atoms with Crippen LogP contribution in [0.4, 0.5) is 0 Å². The van der Waals surface area contributed by atoms with Gasteiger partial charge in [-0.05, 0) is 39.0 Å². The molecule has 1 aromatic carbocycles. The van der Waals surface area contributed by atoms with Crippen LogP contribution in [0, 0.1) is 20.8 Å². The number of benzene rings is 1. The third-order valence-corrected chi connectivity index (χ3v) is 4.95. The molecule has 27 heavy (non-hydrogen) atoms. The van der Waals surface area contributed by atoms with Gasteiger partial charge in [-0.2, -0.15) is 15.3 Å². The van der Waals surface area contributed by atoms with E-state index in [1.165, 1.54) is 0 Å². The van der Waals surface area contributed by atoms with Gasteiger partial charge in [-0.1, -0.05) is 17.7 Å². The molecule has 0 amide bonds. The van der Waals surface area contributed by atoms with Crippen molar-refractivity contribution in [2.75, 3.05) is 0 Å². The molecule has 0 fully saturated rings. The van der Waals surface area contributed by atoms with Gasteiger partial charge in [0.15, 0.2) is 0 Å². The lowest BCUT2D eigenvalue weighted by molar-refractivity contribution is 0.756. The average molecular weight is 381 g/mol. The Hall–Kier alpha value is -2.86. The Balaban J connectivity index is 2.03. The predicted molar refractivity (Wildman–Crippen MR) is 107 cm³/mol. The monoisotopic (exact) mass is 380 g/mol. The van der Waals surface area contributed by atoms with Gasteiger partial charge in [0, 0.05) is 48.2 Å². The van der Waals surface area contributed by atoms with Gasteiger partial charge < -0.3 is 0 Å². The predicted octanol–water partition coefficient (Wildman–Crippen LogP) is 4.25. The number of rotatable bonds is 3. The highest BCUT2D eigenvalue weighted by atomic mass is 35.5. The maximum absolute atomic E-state index is 6.25. The molecule has 4 aromatic rings. The molecule has 0 aliphatic carbocycles. The van der Waals surface area contributed by atoms with Crippen molar-refractivity contribution in [3.63, 3.8) is 0 Å². The maximum atomic E-state index is 6.25. The van der Waals surface area contributed by atoms with E-state index in [9.17, 15) is 0 Å². The summed E-state index contributed by atoms with van der Waals surface area (Å²) in [5.74, 6) is 0. The minimum atomic E-state index is 0.675. The van der Waals surface area contributed by atoms with E-state index >= 15 is 0 Å². The lowest BCUT2D eigenvalue weighted by atomic mass is 10.0. The van der Waals surface area contributed by atoms with Gasteiger partial charge in [-0.15, -0.1) is 0 Å². The summed E-state index contributed by atoms with van der Waals surface area (Å²) in [4.78, 5) is 0. The second kappa shape index (κ2) is 6.39. The van der Waals surface area contributed by atoms with Gasteiger partial charge >= 0.3 is 0 Å². The molecule has 0 aliphatic heterocycles. The lowest BCUT2D eigenvalue weighted by Gasteiger charge is -2.08. The smallest absolute Gasteiger partial charge is 0.0997 e. The van der Waals surface area contributed by atoms with E-state index in [-0.39, 0.29) is 0 Å². The van der Waals surface area contributed by atoms with E-state index in [4.69, 9.17) is 16.7 Å². The van der Waals surface area contributed by atoms with Crippen molar-refractivity contribution in [1.82, 2.24) is 29.3 Å². The molecular formula is C20H21ClN6. The van der Waals surface area contributed by atoms with Gasteiger partial charge in [0.25, 0.3) is 0 Å². The SMILES string of the molecule is Cc1nn(C)cc1-c1nn(-c2cccc(Cl)c2)c(-c2cn(C)nc2C)c1C. The van der Waals surface area contributed by atoms with Crippen LogP contribution >= 0.6 is 11.6 Å². The second-order valence-electron chi connectivity index (χ2n) is 6.82. The number of hydrogen-bond acceptors (Lipinski definition) is 3. The topological polar surface area (TPSA) is 53.5 Å². The third kappa shape index (κ3) is 2.96. The van der Waals surface area contributed by atoms with Crippen LogP contribution in [0.2, 0.25) is 5.02 Å². The number of hydrogen-bond donors (Lipinski definition) is 0. The summed E-state index contributed by atoms with van der Waals surface area (Å²) in [6.45, 7) is 6.11. The molecular weight excluding hydrogens is 360 g/mol. The Morgan fingerprint density at radius 2 is 1.48 bits per heavy atom. The molecule has 0 bridgehead atoms. The average Bonchev–Trinajstić information content (AvgIpc) is 3.22. The molecule has 0 spiro atoms. The summed E-state index contributed by atoms with van der Waals surface area (Å²) in [5, 5.41) is 14.6. The summed E-state index contributed by atoms with van der Waals surface area (Å²) < 4.78 is 5.60. The largest absolute Gasteiger partial charge is 0.275 e. The quantitative estimate of drug-likeness (QED) is 0.533. The molecule has 0 saturated carbocycles. The van der Waals surface area contributed by atoms with Crippen molar-refractivity contribution >= 4 is 11.6 Å². The number of halogens is 1. The minimum Gasteiger partial charge on any atom is -0.275 e. The van der Waals surface area contributed by atoms with Crippen molar-refractivity contribution in [2.24, 2.45) is 14.1 Å². The standard InChI is InChI=1S/C20H21ClN6/c1-12-19(17-10-25(4)22-13(17)2)24-27(16-8-6-7-15(21)9-16)20(12)18-11-26(5)23-14(18)3/h6-11H,1-5H3. The summed E-state index contributed by atoms with van der Waals surface area (Å²) in [5.41, 5.74) is 7.91. The lowest BCUT2D eigenvalue weighted by Crippen LogP contribution is -2.00. The van der Waals surface area contributed by atoms with Crippen molar-refractivity contribution in [2.45, 2.75) is 20.8 Å². The van der Waals surface area contributed by atoms with Crippen LogP contribution in [0.25, 0.3) is 28.2 Å². The van der Waals surface area contributed by atoms with Gasteiger partial charge in [-0.3, -0.25) is 9.36 Å². The molecule has 0 N–H and O–H groups in total. The van der Waals surface area contributed by atoms with E-state index in [1.807, 2.05) is 78.6 Å². The fraction of sp³-hybridized carbons (Fsp3) is 0.250. The highest BCUT2D eigenvalue weighted by molar-refractivity contribution is 6.30. The first kappa shape index (κ1) is 17.5.